The number of hydrogen-bond donors (Lipinski definition) is 0. The highest BCUT2D eigenvalue weighted by Crippen LogP contribution is 2.17. The van der Waals surface area contributed by atoms with E-state index in [1.807, 2.05) is 60.8 Å². The predicted molar refractivity (Wildman–Crippen MR) is 76.2 cm³/mol. The summed E-state index contributed by atoms with van der Waals surface area (Å²) in [7, 11) is 0. The molecule has 1 aromatic heterocycles. The van der Waals surface area contributed by atoms with Crippen molar-refractivity contribution in [3.63, 3.8) is 0 Å². The van der Waals surface area contributed by atoms with Crippen LogP contribution in [0.15, 0.2) is 60.8 Å². The first-order valence-electron chi connectivity index (χ1n) is 5.90. The van der Waals surface area contributed by atoms with Crippen LogP contribution in [0.4, 0.5) is 0 Å². The Kier molecular flexibility index (Phi) is 4.37. The second kappa shape index (κ2) is 6.63. The van der Waals surface area contributed by atoms with E-state index < -0.39 is 0 Å². The molecule has 2 aromatic carbocycles. The van der Waals surface area contributed by atoms with Crippen LogP contribution in [-0.2, 0) is 0 Å². The normalized spacial score (nSPS) is 8.90. The van der Waals surface area contributed by atoms with E-state index in [1.165, 1.54) is 12.1 Å². The second-order valence-electron chi connectivity index (χ2n) is 3.84. The number of benzene rings is 2. The highest BCUT2D eigenvalue weighted by Gasteiger charge is 2.01. The number of rotatable bonds is 1. The Hall–Kier alpha value is -3.24. The van der Waals surface area contributed by atoms with Crippen molar-refractivity contribution in [1.82, 2.24) is 9.97 Å². The van der Waals surface area contributed by atoms with Crippen molar-refractivity contribution in [2.75, 3.05) is 0 Å². The van der Waals surface area contributed by atoms with Crippen molar-refractivity contribution >= 4 is 10.9 Å². The van der Waals surface area contributed by atoms with Crippen LogP contribution in [0.3, 0.4) is 0 Å². The molecule has 0 radical (unpaired) electrons. The highest BCUT2D eigenvalue weighted by atomic mass is 14.9. The summed E-state index contributed by atoms with van der Waals surface area (Å²) in [6.45, 7) is 0. The summed E-state index contributed by atoms with van der Waals surface area (Å²) in [5.74, 6) is 0.777. The molecule has 0 bridgehead atoms. The molecule has 0 atom stereocenters. The Morgan fingerprint density at radius 1 is 0.800 bits per heavy atom. The van der Waals surface area contributed by atoms with Crippen LogP contribution in [0.2, 0.25) is 0 Å². The molecule has 20 heavy (non-hydrogen) atoms. The minimum absolute atomic E-state index is 0.777. The number of nitriles is 2. The van der Waals surface area contributed by atoms with Crippen LogP contribution in [0.5, 0.6) is 0 Å². The Labute approximate surface area is 116 Å². The molecule has 94 valence electrons. The standard InChI is InChI=1S/C14H10N2.C2N2/c1-2-6-11(7-3-1)14-15-10-12-8-4-5-9-13(12)16-14;3-1-2-4/h1-10H;. The molecular formula is C16H10N4. The quantitative estimate of drug-likeness (QED) is 0.671. The van der Waals surface area contributed by atoms with Gasteiger partial charge in [0.05, 0.1) is 5.52 Å². The molecule has 1 heterocycles. The molecule has 4 heteroatoms. The van der Waals surface area contributed by atoms with E-state index in [0.717, 1.165) is 22.3 Å². The van der Waals surface area contributed by atoms with Crippen molar-refractivity contribution < 1.29 is 0 Å². The van der Waals surface area contributed by atoms with Gasteiger partial charge in [0.2, 0.25) is 0 Å². The summed E-state index contributed by atoms with van der Waals surface area (Å²) in [6.07, 6.45) is 1.87. The van der Waals surface area contributed by atoms with Gasteiger partial charge in [-0.3, -0.25) is 0 Å². The fourth-order valence-electron chi connectivity index (χ4n) is 1.70. The van der Waals surface area contributed by atoms with Crippen molar-refractivity contribution in [1.29, 1.82) is 10.5 Å². The van der Waals surface area contributed by atoms with Crippen LogP contribution in [0.25, 0.3) is 22.3 Å². The number of hydrogen-bond acceptors (Lipinski definition) is 4. The lowest BCUT2D eigenvalue weighted by Crippen LogP contribution is -1.88. The number of nitrogens with zero attached hydrogens (tertiary/aromatic N) is 4. The van der Waals surface area contributed by atoms with Gasteiger partial charge in [-0.05, 0) is 6.07 Å². The third-order valence-corrected chi connectivity index (χ3v) is 2.57. The predicted octanol–water partition coefficient (Wildman–Crippen LogP) is 3.33. The molecule has 0 spiro atoms. The zero-order valence-corrected chi connectivity index (χ0v) is 10.6. The Balaban J connectivity index is 0.000000328. The molecule has 0 amide bonds. The topological polar surface area (TPSA) is 73.4 Å². The maximum Gasteiger partial charge on any atom is 0.181 e. The van der Waals surface area contributed by atoms with E-state index in [1.54, 1.807) is 0 Å². The Bertz CT molecular complexity index is 771. The molecule has 0 saturated heterocycles. The van der Waals surface area contributed by atoms with Gasteiger partial charge in [0, 0.05) is 17.1 Å². The molecule has 0 saturated carbocycles. The van der Waals surface area contributed by atoms with Crippen molar-refractivity contribution in [3.8, 4) is 23.5 Å². The SMILES string of the molecule is N#CC#N.c1ccc(-c2ncc3ccccc3n2)cc1. The average molecular weight is 258 g/mol. The first-order chi connectivity index (χ1) is 9.85. The molecule has 0 N–H and O–H groups in total. The van der Waals surface area contributed by atoms with E-state index >= 15 is 0 Å². The first kappa shape index (κ1) is 13.2. The van der Waals surface area contributed by atoms with Crippen LogP contribution in [-0.4, -0.2) is 9.97 Å². The van der Waals surface area contributed by atoms with Gasteiger partial charge in [-0.2, -0.15) is 10.5 Å². The molecule has 0 aliphatic heterocycles. The van der Waals surface area contributed by atoms with Gasteiger partial charge in [-0.1, -0.05) is 48.5 Å². The Morgan fingerprint density at radius 3 is 2.15 bits per heavy atom. The molecule has 3 rings (SSSR count). The smallest absolute Gasteiger partial charge is 0.181 e. The molecule has 0 fully saturated rings. The highest BCUT2D eigenvalue weighted by molar-refractivity contribution is 5.79. The van der Waals surface area contributed by atoms with E-state index in [2.05, 4.69) is 9.97 Å². The van der Waals surface area contributed by atoms with E-state index in [-0.39, 0.29) is 0 Å². The van der Waals surface area contributed by atoms with Gasteiger partial charge in [0.1, 0.15) is 0 Å². The van der Waals surface area contributed by atoms with Crippen molar-refractivity contribution in [2.45, 2.75) is 0 Å². The third kappa shape index (κ3) is 3.16. The van der Waals surface area contributed by atoms with Crippen LogP contribution >= 0.6 is 0 Å². The van der Waals surface area contributed by atoms with Gasteiger partial charge < -0.3 is 0 Å². The first-order valence-corrected chi connectivity index (χ1v) is 5.90. The summed E-state index contributed by atoms with van der Waals surface area (Å²) in [6, 6.07) is 20.5. The van der Waals surface area contributed by atoms with Crippen molar-refractivity contribution in [3.05, 3.63) is 60.8 Å². The number of aromatic nitrogens is 2. The lowest BCUT2D eigenvalue weighted by atomic mass is 10.2. The summed E-state index contributed by atoms with van der Waals surface area (Å²) in [5, 5.41) is 15.6. The summed E-state index contributed by atoms with van der Waals surface area (Å²) >= 11 is 0. The lowest BCUT2D eigenvalue weighted by Gasteiger charge is -2.01. The molecule has 3 aromatic rings. The Morgan fingerprint density at radius 2 is 1.45 bits per heavy atom. The van der Waals surface area contributed by atoms with Crippen LogP contribution in [0, 0.1) is 22.7 Å². The summed E-state index contributed by atoms with van der Waals surface area (Å²) in [4.78, 5) is 8.90. The maximum atomic E-state index is 7.26. The van der Waals surface area contributed by atoms with Gasteiger partial charge in [0.15, 0.2) is 18.0 Å². The van der Waals surface area contributed by atoms with E-state index in [9.17, 15) is 0 Å². The zero-order chi connectivity index (χ0) is 14.2. The van der Waals surface area contributed by atoms with Gasteiger partial charge in [-0.15, -0.1) is 0 Å². The van der Waals surface area contributed by atoms with Crippen LogP contribution < -0.4 is 0 Å². The lowest BCUT2D eigenvalue weighted by molar-refractivity contribution is 1.23. The largest absolute Gasteiger partial charge is 0.236 e. The van der Waals surface area contributed by atoms with Gasteiger partial charge >= 0.3 is 0 Å². The fourth-order valence-corrected chi connectivity index (χ4v) is 1.70. The second-order valence-corrected chi connectivity index (χ2v) is 3.84. The number of fused-ring (bicyclic) bond motifs is 1. The molecular weight excluding hydrogens is 248 g/mol. The van der Waals surface area contributed by atoms with Crippen LogP contribution in [0.1, 0.15) is 0 Å². The summed E-state index contributed by atoms with van der Waals surface area (Å²) in [5.41, 5.74) is 2.03. The van der Waals surface area contributed by atoms with E-state index in [4.69, 9.17) is 10.5 Å². The minimum Gasteiger partial charge on any atom is -0.236 e. The third-order valence-electron chi connectivity index (χ3n) is 2.57. The number of para-hydroxylation sites is 1. The van der Waals surface area contributed by atoms with E-state index in [0.29, 0.717) is 0 Å². The summed E-state index contributed by atoms with van der Waals surface area (Å²) < 4.78 is 0. The monoisotopic (exact) mass is 258 g/mol. The van der Waals surface area contributed by atoms with Gasteiger partial charge in [-0.25, -0.2) is 9.97 Å². The minimum atomic E-state index is 0.777. The molecule has 0 unspecified atom stereocenters. The maximum absolute atomic E-state index is 7.26. The fraction of sp³-hybridized carbons (Fsp3) is 0. The molecule has 0 aliphatic rings. The van der Waals surface area contributed by atoms with Crippen molar-refractivity contribution in [2.24, 2.45) is 0 Å². The van der Waals surface area contributed by atoms with Gasteiger partial charge in [0.25, 0.3) is 0 Å². The molecule has 0 aliphatic carbocycles. The molecule has 4 nitrogen and oxygen atoms in total. The zero-order valence-electron chi connectivity index (χ0n) is 10.6. The average Bonchev–Trinajstić information content (AvgIpc) is 2.55.